The molecule has 3 N–H and O–H groups in total. The number of amides is 1. The molecule has 2 aromatic carbocycles. The van der Waals surface area contributed by atoms with Gasteiger partial charge in [-0.3, -0.25) is 19.6 Å². The van der Waals surface area contributed by atoms with E-state index in [0.717, 1.165) is 0 Å². The summed E-state index contributed by atoms with van der Waals surface area (Å²) in [4.78, 5) is 25.1. The minimum absolute atomic E-state index is 0.288. The number of fused-ring (bicyclic) bond motifs is 1. The van der Waals surface area contributed by atoms with Gasteiger partial charge in [-0.1, -0.05) is 41.4 Å². The van der Waals surface area contributed by atoms with E-state index >= 15 is 0 Å². The molecule has 0 aliphatic heterocycles. The second-order valence-electron chi connectivity index (χ2n) is 5.22. The highest BCUT2D eigenvalue weighted by atomic mass is 35.5. The molecule has 1 heterocycles. The van der Waals surface area contributed by atoms with Gasteiger partial charge in [-0.15, -0.1) is 0 Å². The molecule has 0 saturated carbocycles. The van der Waals surface area contributed by atoms with Gasteiger partial charge in [-0.05, 0) is 31.2 Å². The first-order valence-electron chi connectivity index (χ1n) is 7.06. The van der Waals surface area contributed by atoms with Crippen LogP contribution in [0.4, 0.5) is 0 Å². The number of carbonyl (C=O) groups is 2. The Kier molecular flexibility index (Phi) is 4.32. The molecule has 1 aromatic heterocycles. The highest BCUT2D eigenvalue weighted by molar-refractivity contribution is 6.42. The molecule has 0 spiro atoms. The largest absolute Gasteiger partial charge is 0.290 e. The van der Waals surface area contributed by atoms with Crippen LogP contribution in [0.3, 0.4) is 0 Å². The predicted molar refractivity (Wildman–Crippen MR) is 94.5 cm³/mol. The van der Waals surface area contributed by atoms with E-state index in [4.69, 9.17) is 29.0 Å². The quantitative estimate of drug-likeness (QED) is 0.416. The van der Waals surface area contributed by atoms with Crippen molar-refractivity contribution in [1.82, 2.24) is 9.99 Å². The SMILES string of the molecule is Cc1c(C(=O)NN)c2ccccc2n1C(=O)c1ccc(Cl)c(Cl)c1. The zero-order chi connectivity index (χ0) is 17.4. The summed E-state index contributed by atoms with van der Waals surface area (Å²) >= 11 is 11.9. The number of carbonyl (C=O) groups excluding carboxylic acids is 2. The molecule has 0 saturated heterocycles. The fourth-order valence-corrected chi connectivity index (χ4v) is 3.04. The first-order chi connectivity index (χ1) is 11.5. The highest BCUT2D eigenvalue weighted by Gasteiger charge is 2.23. The molecule has 3 aromatic rings. The van der Waals surface area contributed by atoms with Crippen LogP contribution in [0.25, 0.3) is 10.9 Å². The van der Waals surface area contributed by atoms with Crippen molar-refractivity contribution in [1.29, 1.82) is 0 Å². The van der Waals surface area contributed by atoms with Gasteiger partial charge in [0, 0.05) is 16.6 Å². The Bertz CT molecular complexity index is 979. The van der Waals surface area contributed by atoms with Crippen LogP contribution in [0.5, 0.6) is 0 Å². The third-order valence-corrected chi connectivity index (χ3v) is 4.58. The number of nitrogen functional groups attached to an aromatic ring is 1. The van der Waals surface area contributed by atoms with Crippen LogP contribution in [-0.2, 0) is 0 Å². The van der Waals surface area contributed by atoms with Gasteiger partial charge < -0.3 is 0 Å². The lowest BCUT2D eigenvalue weighted by atomic mass is 10.1. The number of halogens is 2. The van der Waals surface area contributed by atoms with E-state index < -0.39 is 5.91 Å². The second kappa shape index (κ2) is 6.28. The number of hydrazine groups is 1. The number of para-hydroxylation sites is 1. The van der Waals surface area contributed by atoms with Crippen molar-refractivity contribution in [3.05, 3.63) is 69.3 Å². The number of nitrogens with zero attached hydrogens (tertiary/aromatic N) is 1. The lowest BCUT2D eigenvalue weighted by Crippen LogP contribution is -2.30. The summed E-state index contributed by atoms with van der Waals surface area (Å²) in [6.07, 6.45) is 0. The number of hydrogen-bond donors (Lipinski definition) is 2. The number of nitrogens with two attached hydrogens (primary N) is 1. The van der Waals surface area contributed by atoms with Crippen LogP contribution < -0.4 is 11.3 Å². The molecule has 0 aliphatic rings. The maximum atomic E-state index is 13.0. The van der Waals surface area contributed by atoms with E-state index in [1.165, 1.54) is 10.6 Å². The number of hydrogen-bond acceptors (Lipinski definition) is 3. The summed E-state index contributed by atoms with van der Waals surface area (Å²) in [6.45, 7) is 1.69. The lowest BCUT2D eigenvalue weighted by Gasteiger charge is -2.08. The van der Waals surface area contributed by atoms with Crippen molar-refractivity contribution in [2.45, 2.75) is 6.92 Å². The summed E-state index contributed by atoms with van der Waals surface area (Å²) in [6, 6.07) is 11.8. The molecule has 7 heteroatoms. The molecule has 1 amide bonds. The summed E-state index contributed by atoms with van der Waals surface area (Å²) in [5.41, 5.74) is 3.96. The molecule has 3 rings (SSSR count). The molecule has 5 nitrogen and oxygen atoms in total. The van der Waals surface area contributed by atoms with Gasteiger partial charge in [0.25, 0.3) is 11.8 Å². The zero-order valence-corrected chi connectivity index (χ0v) is 14.2. The lowest BCUT2D eigenvalue weighted by molar-refractivity contribution is 0.0954. The smallest absolute Gasteiger partial charge is 0.267 e. The van der Waals surface area contributed by atoms with Gasteiger partial charge >= 0.3 is 0 Å². The zero-order valence-electron chi connectivity index (χ0n) is 12.6. The van der Waals surface area contributed by atoms with Gasteiger partial charge in [0.1, 0.15) is 0 Å². The Morgan fingerprint density at radius 3 is 2.46 bits per heavy atom. The minimum Gasteiger partial charge on any atom is -0.290 e. The van der Waals surface area contributed by atoms with Crippen LogP contribution >= 0.6 is 23.2 Å². The molecule has 0 atom stereocenters. The van der Waals surface area contributed by atoms with E-state index in [1.54, 1.807) is 43.3 Å². The molecule has 122 valence electrons. The standard InChI is InChI=1S/C17H13Cl2N3O2/c1-9-15(16(23)21-20)11-4-2-3-5-14(11)22(9)17(24)10-6-7-12(18)13(19)8-10/h2-8H,20H2,1H3,(H,21,23). The Balaban J connectivity index is 2.26. The normalized spacial score (nSPS) is 10.8. The van der Waals surface area contributed by atoms with Crippen LogP contribution in [0.1, 0.15) is 26.4 Å². The van der Waals surface area contributed by atoms with Crippen molar-refractivity contribution < 1.29 is 9.59 Å². The molecular formula is C17H13Cl2N3O2. The summed E-state index contributed by atoms with van der Waals surface area (Å²) in [7, 11) is 0. The first kappa shape index (κ1) is 16.5. The predicted octanol–water partition coefficient (Wildman–Crippen LogP) is 3.55. The van der Waals surface area contributed by atoms with Gasteiger partial charge in [-0.2, -0.15) is 0 Å². The Labute approximate surface area is 147 Å². The van der Waals surface area contributed by atoms with Gasteiger partial charge in [-0.25, -0.2) is 5.84 Å². The molecule has 0 aliphatic carbocycles. The van der Waals surface area contributed by atoms with Crippen LogP contribution in [-0.4, -0.2) is 16.4 Å². The summed E-state index contributed by atoms with van der Waals surface area (Å²) in [5, 5.41) is 1.30. The van der Waals surface area contributed by atoms with E-state index in [1.807, 2.05) is 0 Å². The van der Waals surface area contributed by atoms with Crippen molar-refractivity contribution in [2.75, 3.05) is 0 Å². The van der Waals surface area contributed by atoms with E-state index in [0.29, 0.717) is 32.7 Å². The van der Waals surface area contributed by atoms with Crippen molar-refractivity contribution in [3.8, 4) is 0 Å². The third-order valence-electron chi connectivity index (χ3n) is 3.84. The Morgan fingerprint density at radius 2 is 1.79 bits per heavy atom. The van der Waals surface area contributed by atoms with E-state index in [2.05, 4.69) is 5.43 Å². The Morgan fingerprint density at radius 1 is 1.08 bits per heavy atom. The van der Waals surface area contributed by atoms with Crippen LogP contribution in [0, 0.1) is 6.92 Å². The summed E-state index contributed by atoms with van der Waals surface area (Å²) < 4.78 is 1.47. The molecule has 0 bridgehead atoms. The van der Waals surface area contributed by atoms with Crippen molar-refractivity contribution >= 4 is 45.9 Å². The fraction of sp³-hybridized carbons (Fsp3) is 0.0588. The molecule has 24 heavy (non-hydrogen) atoms. The molecular weight excluding hydrogens is 349 g/mol. The topological polar surface area (TPSA) is 77.1 Å². The number of nitrogens with one attached hydrogen (secondary N) is 1. The first-order valence-corrected chi connectivity index (χ1v) is 7.82. The molecule has 0 radical (unpaired) electrons. The maximum absolute atomic E-state index is 13.0. The van der Waals surface area contributed by atoms with Crippen LogP contribution in [0.15, 0.2) is 42.5 Å². The van der Waals surface area contributed by atoms with Gasteiger partial charge in [0.05, 0.1) is 21.1 Å². The third kappa shape index (κ3) is 2.57. The van der Waals surface area contributed by atoms with Crippen LogP contribution in [0.2, 0.25) is 10.0 Å². The fourth-order valence-electron chi connectivity index (χ4n) is 2.75. The van der Waals surface area contributed by atoms with Crippen molar-refractivity contribution in [2.24, 2.45) is 5.84 Å². The van der Waals surface area contributed by atoms with Crippen molar-refractivity contribution in [3.63, 3.8) is 0 Å². The number of aromatic nitrogens is 1. The minimum atomic E-state index is -0.454. The molecule has 0 fully saturated rings. The second-order valence-corrected chi connectivity index (χ2v) is 6.03. The molecule has 0 unspecified atom stereocenters. The summed E-state index contributed by atoms with van der Waals surface area (Å²) in [5.74, 6) is 4.51. The van der Waals surface area contributed by atoms with E-state index in [-0.39, 0.29) is 10.9 Å². The Hall–Kier alpha value is -2.34. The number of rotatable bonds is 2. The number of benzene rings is 2. The monoisotopic (exact) mass is 361 g/mol. The maximum Gasteiger partial charge on any atom is 0.267 e. The van der Waals surface area contributed by atoms with Gasteiger partial charge in [0.2, 0.25) is 0 Å². The highest BCUT2D eigenvalue weighted by Crippen LogP contribution is 2.28. The van der Waals surface area contributed by atoms with Gasteiger partial charge in [0.15, 0.2) is 0 Å². The average molecular weight is 362 g/mol. The average Bonchev–Trinajstić information content (AvgIpc) is 2.88. The van der Waals surface area contributed by atoms with E-state index in [9.17, 15) is 9.59 Å².